The minimum absolute atomic E-state index is 0.110. The van der Waals surface area contributed by atoms with E-state index in [2.05, 4.69) is 5.32 Å². The lowest BCUT2D eigenvalue weighted by molar-refractivity contribution is 0.104. The quantitative estimate of drug-likeness (QED) is 0.375. The fraction of sp³-hybridized carbons (Fsp3) is 0.160. The molecule has 0 aliphatic carbocycles. The van der Waals surface area contributed by atoms with Crippen molar-refractivity contribution in [2.75, 3.05) is 18.4 Å². The Morgan fingerprint density at radius 2 is 1.79 bits per heavy atom. The molecule has 8 heteroatoms. The molecular formula is C25H23ClN2O4S. The number of carbonyl (C=O) groups is 1. The van der Waals surface area contributed by atoms with Crippen molar-refractivity contribution < 1.29 is 18.3 Å². The highest BCUT2D eigenvalue weighted by molar-refractivity contribution is 7.89. The van der Waals surface area contributed by atoms with Crippen LogP contribution in [0.3, 0.4) is 0 Å². The van der Waals surface area contributed by atoms with Gasteiger partial charge in [0.1, 0.15) is 0 Å². The summed E-state index contributed by atoms with van der Waals surface area (Å²) in [5.41, 5.74) is 2.58. The van der Waals surface area contributed by atoms with Gasteiger partial charge < -0.3 is 10.4 Å². The van der Waals surface area contributed by atoms with Crippen molar-refractivity contribution in [3.05, 3.63) is 95.0 Å². The number of ketones is 1. The van der Waals surface area contributed by atoms with Crippen LogP contribution in [-0.2, 0) is 10.0 Å². The molecule has 2 N–H and O–H groups in total. The highest BCUT2D eigenvalue weighted by atomic mass is 35.5. The summed E-state index contributed by atoms with van der Waals surface area (Å²) < 4.78 is 26.7. The molecule has 1 saturated heterocycles. The fourth-order valence-corrected chi connectivity index (χ4v) is 5.27. The van der Waals surface area contributed by atoms with Crippen molar-refractivity contribution in [1.29, 1.82) is 0 Å². The molecule has 0 bridgehead atoms. The monoisotopic (exact) mass is 482 g/mol. The summed E-state index contributed by atoms with van der Waals surface area (Å²) in [6.45, 7) is 0.416. The minimum Gasteiger partial charge on any atom is -0.392 e. The maximum Gasteiger partial charge on any atom is 0.243 e. The van der Waals surface area contributed by atoms with Gasteiger partial charge in [0.25, 0.3) is 0 Å². The number of β-amino-alcohol motifs (C(OH)–C–C–N with tert-alkyl or cyclic N) is 1. The van der Waals surface area contributed by atoms with Gasteiger partial charge in [-0.2, -0.15) is 4.31 Å². The van der Waals surface area contributed by atoms with Crippen molar-refractivity contribution in [3.8, 4) is 0 Å². The van der Waals surface area contributed by atoms with Gasteiger partial charge in [0, 0.05) is 29.4 Å². The van der Waals surface area contributed by atoms with Crippen LogP contribution >= 0.6 is 11.6 Å². The highest BCUT2D eigenvalue weighted by Crippen LogP contribution is 2.26. The highest BCUT2D eigenvalue weighted by Gasteiger charge is 2.31. The van der Waals surface area contributed by atoms with Crippen LogP contribution in [0.4, 0.5) is 11.4 Å². The lowest BCUT2D eigenvalue weighted by Crippen LogP contribution is -2.29. The van der Waals surface area contributed by atoms with Crippen molar-refractivity contribution in [2.45, 2.75) is 17.4 Å². The topological polar surface area (TPSA) is 86.7 Å². The molecule has 3 aromatic carbocycles. The first kappa shape index (κ1) is 23.2. The van der Waals surface area contributed by atoms with Crippen LogP contribution in [0.2, 0.25) is 5.02 Å². The van der Waals surface area contributed by atoms with Crippen LogP contribution in [0.15, 0.2) is 83.8 Å². The van der Waals surface area contributed by atoms with Gasteiger partial charge in [0.2, 0.25) is 10.0 Å². The number of hydrogen-bond acceptors (Lipinski definition) is 5. The molecule has 0 amide bonds. The Kier molecular flexibility index (Phi) is 6.95. The van der Waals surface area contributed by atoms with Crippen molar-refractivity contribution in [2.24, 2.45) is 0 Å². The van der Waals surface area contributed by atoms with Crippen LogP contribution in [0.25, 0.3) is 6.08 Å². The van der Waals surface area contributed by atoms with E-state index in [9.17, 15) is 18.3 Å². The molecule has 1 aliphatic heterocycles. The molecular weight excluding hydrogens is 460 g/mol. The average molecular weight is 483 g/mol. The summed E-state index contributed by atoms with van der Waals surface area (Å²) in [6, 6.07) is 20.8. The Hall–Kier alpha value is -2.97. The van der Waals surface area contributed by atoms with Crippen LogP contribution in [0, 0.1) is 0 Å². The molecule has 1 fully saturated rings. The van der Waals surface area contributed by atoms with E-state index < -0.39 is 16.1 Å². The first-order valence-electron chi connectivity index (χ1n) is 10.5. The van der Waals surface area contributed by atoms with Crippen LogP contribution in [-0.4, -0.2) is 42.8 Å². The molecule has 1 atom stereocenters. The number of halogens is 1. The second-order valence-electron chi connectivity index (χ2n) is 7.75. The first-order valence-corrected chi connectivity index (χ1v) is 12.3. The standard InChI is InChI=1S/C25H23ClN2O4S/c26-19-9-12-23(24(16-19)27-20-4-2-1-3-5-20)25(30)13-8-18-6-10-22(11-7-18)33(31,32)28-15-14-21(29)17-28/h1-13,16,21,27,29H,14-15,17H2. The molecule has 0 spiro atoms. The van der Waals surface area contributed by atoms with Gasteiger partial charge >= 0.3 is 0 Å². The molecule has 170 valence electrons. The lowest BCUT2D eigenvalue weighted by atomic mass is 10.1. The molecule has 0 saturated carbocycles. The number of allylic oxidation sites excluding steroid dienone is 1. The smallest absolute Gasteiger partial charge is 0.243 e. The van der Waals surface area contributed by atoms with E-state index in [1.54, 1.807) is 36.4 Å². The van der Waals surface area contributed by atoms with E-state index in [1.165, 1.54) is 22.5 Å². The molecule has 1 unspecified atom stereocenters. The van der Waals surface area contributed by atoms with Gasteiger partial charge in [-0.1, -0.05) is 48.0 Å². The molecule has 0 radical (unpaired) electrons. The Labute approximate surface area is 198 Å². The second-order valence-corrected chi connectivity index (χ2v) is 10.1. The zero-order chi connectivity index (χ0) is 23.4. The van der Waals surface area contributed by atoms with Gasteiger partial charge in [0.15, 0.2) is 5.78 Å². The SMILES string of the molecule is O=C(C=Cc1ccc(S(=O)(=O)N2CCC(O)C2)cc1)c1ccc(Cl)cc1Nc1ccccc1. The molecule has 1 aliphatic rings. The van der Waals surface area contributed by atoms with Crippen LogP contribution < -0.4 is 5.32 Å². The summed E-state index contributed by atoms with van der Waals surface area (Å²) in [4.78, 5) is 13.0. The van der Waals surface area contributed by atoms with Gasteiger partial charge in [-0.05, 0) is 60.5 Å². The number of benzene rings is 3. The van der Waals surface area contributed by atoms with E-state index in [4.69, 9.17) is 11.6 Å². The fourth-order valence-electron chi connectivity index (χ4n) is 3.60. The number of para-hydroxylation sites is 1. The normalized spacial score (nSPS) is 16.8. The third-order valence-corrected chi connectivity index (χ3v) is 7.49. The third-order valence-electron chi connectivity index (χ3n) is 5.37. The van der Waals surface area contributed by atoms with E-state index in [0.29, 0.717) is 34.8 Å². The van der Waals surface area contributed by atoms with Crippen molar-refractivity contribution in [3.63, 3.8) is 0 Å². The number of nitrogens with one attached hydrogen (secondary N) is 1. The first-order chi connectivity index (χ1) is 15.8. The molecule has 6 nitrogen and oxygen atoms in total. The Balaban J connectivity index is 1.50. The van der Waals surface area contributed by atoms with Crippen LogP contribution in [0.5, 0.6) is 0 Å². The van der Waals surface area contributed by atoms with E-state index >= 15 is 0 Å². The van der Waals surface area contributed by atoms with Gasteiger partial charge in [-0.25, -0.2) is 8.42 Å². The number of rotatable bonds is 7. The minimum atomic E-state index is -3.64. The van der Waals surface area contributed by atoms with E-state index in [1.807, 2.05) is 30.3 Å². The van der Waals surface area contributed by atoms with E-state index in [-0.39, 0.29) is 17.2 Å². The van der Waals surface area contributed by atoms with Crippen molar-refractivity contribution >= 4 is 44.9 Å². The predicted molar refractivity (Wildman–Crippen MR) is 130 cm³/mol. The number of anilines is 2. The number of hydrogen-bond donors (Lipinski definition) is 2. The molecule has 0 aromatic heterocycles. The molecule has 3 aromatic rings. The maximum atomic E-state index is 12.9. The summed E-state index contributed by atoms with van der Waals surface area (Å²) in [6.07, 6.45) is 2.90. The van der Waals surface area contributed by atoms with Crippen LogP contribution in [0.1, 0.15) is 22.3 Å². The Morgan fingerprint density at radius 3 is 2.45 bits per heavy atom. The molecule has 4 rings (SSSR count). The molecule has 33 heavy (non-hydrogen) atoms. The summed E-state index contributed by atoms with van der Waals surface area (Å²) in [5, 5.41) is 13.4. The summed E-state index contributed by atoms with van der Waals surface area (Å²) in [7, 11) is -3.64. The molecule has 1 heterocycles. The third kappa shape index (κ3) is 5.51. The Morgan fingerprint density at radius 1 is 1.06 bits per heavy atom. The number of aliphatic hydroxyl groups is 1. The van der Waals surface area contributed by atoms with Gasteiger partial charge in [-0.3, -0.25) is 4.79 Å². The second kappa shape index (κ2) is 9.89. The van der Waals surface area contributed by atoms with E-state index in [0.717, 1.165) is 5.69 Å². The predicted octanol–water partition coefficient (Wildman–Crippen LogP) is 4.74. The summed E-state index contributed by atoms with van der Waals surface area (Å²) in [5.74, 6) is -0.215. The zero-order valence-corrected chi connectivity index (χ0v) is 19.3. The van der Waals surface area contributed by atoms with Crippen molar-refractivity contribution in [1.82, 2.24) is 4.31 Å². The average Bonchev–Trinajstić information content (AvgIpc) is 3.26. The number of aliphatic hydroxyl groups excluding tert-OH is 1. The van der Waals surface area contributed by atoms with Gasteiger partial charge in [-0.15, -0.1) is 0 Å². The Bertz CT molecular complexity index is 1280. The number of sulfonamides is 1. The van der Waals surface area contributed by atoms with Gasteiger partial charge in [0.05, 0.1) is 16.7 Å². The maximum absolute atomic E-state index is 12.9. The summed E-state index contributed by atoms with van der Waals surface area (Å²) >= 11 is 6.13. The lowest BCUT2D eigenvalue weighted by Gasteiger charge is -2.15. The number of nitrogens with zero attached hydrogens (tertiary/aromatic N) is 1. The zero-order valence-electron chi connectivity index (χ0n) is 17.7. The number of carbonyl (C=O) groups excluding carboxylic acids is 1. The largest absolute Gasteiger partial charge is 0.392 e.